The van der Waals surface area contributed by atoms with Gasteiger partial charge in [-0.1, -0.05) is 13.0 Å². The van der Waals surface area contributed by atoms with Gasteiger partial charge in [-0.2, -0.15) is 0 Å². The minimum Gasteiger partial charge on any atom is -0.454 e. The first kappa shape index (κ1) is 16.7. The van der Waals surface area contributed by atoms with E-state index in [4.69, 9.17) is 9.47 Å². The minimum absolute atomic E-state index is 0.0880. The molecule has 26 heavy (non-hydrogen) atoms. The van der Waals surface area contributed by atoms with Gasteiger partial charge in [0.15, 0.2) is 11.5 Å². The fourth-order valence-electron chi connectivity index (χ4n) is 3.46. The van der Waals surface area contributed by atoms with E-state index in [1.807, 2.05) is 29.2 Å². The van der Waals surface area contributed by atoms with E-state index in [-0.39, 0.29) is 12.7 Å². The molecule has 3 heterocycles. The van der Waals surface area contributed by atoms with Crippen molar-refractivity contribution in [3.05, 3.63) is 47.7 Å². The predicted molar refractivity (Wildman–Crippen MR) is 98.4 cm³/mol. The molecule has 0 saturated carbocycles. The number of nitrogens with one attached hydrogen (secondary N) is 1. The van der Waals surface area contributed by atoms with Crippen molar-refractivity contribution in [1.29, 1.82) is 0 Å². The zero-order chi connectivity index (χ0) is 17.9. The maximum Gasteiger partial charge on any atom is 0.254 e. The van der Waals surface area contributed by atoms with E-state index in [1.165, 1.54) is 6.42 Å². The van der Waals surface area contributed by atoms with Crippen molar-refractivity contribution < 1.29 is 14.3 Å². The normalized spacial score (nSPS) is 18.7. The highest BCUT2D eigenvalue weighted by Gasteiger charge is 2.22. The van der Waals surface area contributed by atoms with Crippen LogP contribution in [0.1, 0.15) is 35.7 Å². The number of carbonyl (C=O) groups excluding carboxylic acids is 1. The van der Waals surface area contributed by atoms with Gasteiger partial charge in [-0.3, -0.25) is 4.79 Å². The molecular weight excluding hydrogens is 330 g/mol. The minimum atomic E-state index is 0.0880. The first-order chi connectivity index (χ1) is 12.7. The number of pyridine rings is 1. The molecule has 6 heteroatoms. The molecule has 1 unspecified atom stereocenters. The molecule has 0 radical (unpaired) electrons. The number of fused-ring (bicyclic) bond motifs is 1. The largest absolute Gasteiger partial charge is 0.454 e. The zero-order valence-electron chi connectivity index (χ0n) is 14.9. The first-order valence-electron chi connectivity index (χ1n) is 9.07. The number of benzene rings is 1. The van der Waals surface area contributed by atoms with E-state index in [1.54, 1.807) is 12.3 Å². The molecular formula is C20H23N3O3. The topological polar surface area (TPSA) is 63.7 Å². The van der Waals surface area contributed by atoms with Gasteiger partial charge in [0, 0.05) is 31.4 Å². The average molecular weight is 353 g/mol. The van der Waals surface area contributed by atoms with E-state index < -0.39 is 0 Å². The Balaban J connectivity index is 1.41. The molecule has 136 valence electrons. The van der Waals surface area contributed by atoms with Crippen LogP contribution in [0.2, 0.25) is 0 Å². The van der Waals surface area contributed by atoms with Crippen LogP contribution in [0, 0.1) is 5.92 Å². The molecule has 1 aromatic heterocycles. The molecule has 2 aliphatic rings. The summed E-state index contributed by atoms with van der Waals surface area (Å²) in [5, 5.41) is 3.28. The van der Waals surface area contributed by atoms with E-state index in [9.17, 15) is 4.79 Å². The van der Waals surface area contributed by atoms with E-state index in [2.05, 4.69) is 17.2 Å². The summed E-state index contributed by atoms with van der Waals surface area (Å²) in [5.41, 5.74) is 1.75. The summed E-state index contributed by atoms with van der Waals surface area (Å²) in [6, 6.07) is 9.47. The Morgan fingerprint density at radius 3 is 3.04 bits per heavy atom. The van der Waals surface area contributed by atoms with Crippen LogP contribution in [0.3, 0.4) is 0 Å². The highest BCUT2D eigenvalue weighted by molar-refractivity contribution is 5.94. The summed E-state index contributed by atoms with van der Waals surface area (Å²) in [4.78, 5) is 19.0. The Hall–Kier alpha value is -2.76. The van der Waals surface area contributed by atoms with E-state index in [0.29, 0.717) is 23.8 Å². The van der Waals surface area contributed by atoms with E-state index >= 15 is 0 Å². The molecule has 0 spiro atoms. The molecule has 1 fully saturated rings. The molecule has 1 atom stereocenters. The summed E-state index contributed by atoms with van der Waals surface area (Å²) in [5.74, 6) is 2.89. The Kier molecular flexibility index (Phi) is 4.65. The molecule has 1 N–H and O–H groups in total. The smallest absolute Gasteiger partial charge is 0.254 e. The van der Waals surface area contributed by atoms with Crippen molar-refractivity contribution in [2.45, 2.75) is 26.3 Å². The molecule has 4 rings (SSSR count). The summed E-state index contributed by atoms with van der Waals surface area (Å²) in [6.07, 6.45) is 3.96. The van der Waals surface area contributed by atoms with Gasteiger partial charge in [0.25, 0.3) is 5.91 Å². The second kappa shape index (κ2) is 7.23. The first-order valence-corrected chi connectivity index (χ1v) is 9.07. The fourth-order valence-corrected chi connectivity index (χ4v) is 3.46. The van der Waals surface area contributed by atoms with Crippen LogP contribution < -0.4 is 14.8 Å². The lowest BCUT2D eigenvalue weighted by Crippen LogP contribution is -2.39. The predicted octanol–water partition coefficient (Wildman–Crippen LogP) is 3.29. The van der Waals surface area contributed by atoms with Gasteiger partial charge in [0.1, 0.15) is 5.82 Å². The maximum atomic E-state index is 12.7. The monoisotopic (exact) mass is 353 g/mol. The third kappa shape index (κ3) is 3.59. The number of ether oxygens (including phenoxy) is 2. The number of anilines is 1. The Bertz CT molecular complexity index is 809. The Labute approximate surface area is 153 Å². The van der Waals surface area contributed by atoms with Crippen LogP contribution in [0.4, 0.5) is 5.82 Å². The van der Waals surface area contributed by atoms with Crippen molar-refractivity contribution >= 4 is 11.7 Å². The van der Waals surface area contributed by atoms with Gasteiger partial charge in [-0.05, 0) is 48.6 Å². The van der Waals surface area contributed by atoms with E-state index in [0.717, 1.165) is 36.6 Å². The van der Waals surface area contributed by atoms with Crippen LogP contribution in [0.25, 0.3) is 0 Å². The summed E-state index contributed by atoms with van der Waals surface area (Å²) in [7, 11) is 0. The lowest BCUT2D eigenvalue weighted by molar-refractivity contribution is 0.0683. The third-order valence-corrected chi connectivity index (χ3v) is 4.86. The van der Waals surface area contributed by atoms with Gasteiger partial charge in [-0.25, -0.2) is 4.98 Å². The highest BCUT2D eigenvalue weighted by atomic mass is 16.7. The van der Waals surface area contributed by atoms with Gasteiger partial charge in [0.05, 0.1) is 0 Å². The molecule has 2 aromatic rings. The van der Waals surface area contributed by atoms with Crippen molar-refractivity contribution in [1.82, 2.24) is 9.88 Å². The second-order valence-corrected chi connectivity index (χ2v) is 6.97. The SMILES string of the molecule is CC1CCCN(C(=O)c2ccnc(NCc3ccc4c(c3)OCO4)c2)C1. The Morgan fingerprint density at radius 1 is 1.27 bits per heavy atom. The number of amides is 1. The fraction of sp³-hybridized carbons (Fsp3) is 0.400. The van der Waals surface area contributed by atoms with Crippen LogP contribution in [-0.2, 0) is 6.54 Å². The third-order valence-electron chi connectivity index (χ3n) is 4.86. The lowest BCUT2D eigenvalue weighted by atomic mass is 9.99. The number of nitrogens with zero attached hydrogens (tertiary/aromatic N) is 2. The highest BCUT2D eigenvalue weighted by Crippen LogP contribution is 2.32. The molecule has 6 nitrogen and oxygen atoms in total. The van der Waals surface area contributed by atoms with Crippen molar-refractivity contribution in [3.63, 3.8) is 0 Å². The molecule has 2 aliphatic heterocycles. The van der Waals surface area contributed by atoms with Gasteiger partial charge >= 0.3 is 0 Å². The quantitative estimate of drug-likeness (QED) is 0.914. The van der Waals surface area contributed by atoms with Crippen LogP contribution >= 0.6 is 0 Å². The lowest BCUT2D eigenvalue weighted by Gasteiger charge is -2.31. The number of rotatable bonds is 4. The van der Waals surface area contributed by atoms with Crippen LogP contribution in [0.5, 0.6) is 11.5 Å². The maximum absolute atomic E-state index is 12.7. The number of aromatic nitrogens is 1. The van der Waals surface area contributed by atoms with Gasteiger partial charge in [-0.15, -0.1) is 0 Å². The van der Waals surface area contributed by atoms with Gasteiger partial charge < -0.3 is 19.7 Å². The molecule has 1 amide bonds. The Morgan fingerprint density at radius 2 is 2.15 bits per heavy atom. The number of piperidine rings is 1. The van der Waals surface area contributed by atoms with Crippen LogP contribution in [0.15, 0.2) is 36.5 Å². The number of hydrogen-bond acceptors (Lipinski definition) is 5. The van der Waals surface area contributed by atoms with Crippen molar-refractivity contribution in [3.8, 4) is 11.5 Å². The molecule has 0 aliphatic carbocycles. The standard InChI is InChI=1S/C20H23N3O3/c1-14-3-2-8-23(12-14)20(24)16-6-7-21-19(10-16)22-11-15-4-5-17-18(9-15)26-13-25-17/h4-7,9-10,14H,2-3,8,11-13H2,1H3,(H,21,22). The average Bonchev–Trinajstić information content (AvgIpc) is 3.14. The van der Waals surface area contributed by atoms with Gasteiger partial charge in [0.2, 0.25) is 6.79 Å². The summed E-state index contributed by atoms with van der Waals surface area (Å²) < 4.78 is 10.7. The number of carbonyl (C=O) groups is 1. The summed E-state index contributed by atoms with van der Waals surface area (Å²) in [6.45, 7) is 4.74. The zero-order valence-corrected chi connectivity index (χ0v) is 14.9. The molecule has 1 aromatic carbocycles. The van der Waals surface area contributed by atoms with Crippen molar-refractivity contribution in [2.24, 2.45) is 5.92 Å². The van der Waals surface area contributed by atoms with Crippen LogP contribution in [-0.4, -0.2) is 35.7 Å². The molecule has 0 bridgehead atoms. The molecule has 1 saturated heterocycles. The summed E-state index contributed by atoms with van der Waals surface area (Å²) >= 11 is 0. The number of hydrogen-bond donors (Lipinski definition) is 1. The van der Waals surface area contributed by atoms with Crippen molar-refractivity contribution in [2.75, 3.05) is 25.2 Å². The second-order valence-electron chi connectivity index (χ2n) is 6.97. The number of likely N-dealkylation sites (tertiary alicyclic amines) is 1.